The van der Waals surface area contributed by atoms with Gasteiger partial charge in [-0.15, -0.1) is 0 Å². The van der Waals surface area contributed by atoms with Gasteiger partial charge >= 0.3 is 0 Å². The van der Waals surface area contributed by atoms with Crippen molar-refractivity contribution in [3.8, 4) is 11.3 Å². The summed E-state index contributed by atoms with van der Waals surface area (Å²) < 4.78 is 0. The highest BCUT2D eigenvalue weighted by Crippen LogP contribution is 2.36. The second-order valence-corrected chi connectivity index (χ2v) is 11.3. The third-order valence-corrected chi connectivity index (χ3v) is 8.26. The van der Waals surface area contributed by atoms with Gasteiger partial charge in [-0.05, 0) is 78.1 Å². The average Bonchev–Trinajstić information content (AvgIpc) is 2.97. The number of rotatable bonds is 12. The first kappa shape index (κ1) is 30.3. The van der Waals surface area contributed by atoms with Gasteiger partial charge in [0.05, 0.1) is 10.7 Å². The number of allylic oxidation sites excluding steroid dienone is 4. The molecule has 214 valence electrons. The molecule has 1 aromatic heterocycles. The van der Waals surface area contributed by atoms with Crippen LogP contribution in [0.5, 0.6) is 0 Å². The molecule has 0 aliphatic carbocycles. The first-order chi connectivity index (χ1) is 19.8. The number of anilines is 2. The number of pyridine rings is 1. The minimum atomic E-state index is 0.601. The molecule has 1 fully saturated rings. The highest BCUT2D eigenvalue weighted by molar-refractivity contribution is 6.35. The van der Waals surface area contributed by atoms with Crippen LogP contribution >= 0.6 is 11.6 Å². The van der Waals surface area contributed by atoms with Gasteiger partial charge in [-0.25, -0.2) is 0 Å². The zero-order chi connectivity index (χ0) is 29.5. The largest absolute Gasteiger partial charge is 0.382 e. The van der Waals surface area contributed by atoms with Crippen LogP contribution in [-0.4, -0.2) is 30.8 Å². The predicted molar refractivity (Wildman–Crippen MR) is 179 cm³/mol. The lowest BCUT2D eigenvalue weighted by atomic mass is 9.94. The molecule has 1 aliphatic rings. The van der Waals surface area contributed by atoms with Gasteiger partial charge in [0.15, 0.2) is 0 Å². The summed E-state index contributed by atoms with van der Waals surface area (Å²) in [5.74, 6) is 0.777. The molecular formula is C36H43ClN4. The number of nitrogens with one attached hydrogen (secondary N) is 2. The van der Waals surface area contributed by atoms with Crippen molar-refractivity contribution in [2.24, 2.45) is 5.92 Å². The first-order valence-electron chi connectivity index (χ1n) is 14.8. The van der Waals surface area contributed by atoms with Crippen LogP contribution < -0.4 is 10.2 Å². The Hall–Kier alpha value is -3.63. The number of hydrogen-bond acceptors (Lipinski definition) is 4. The van der Waals surface area contributed by atoms with E-state index in [-0.39, 0.29) is 0 Å². The molecule has 2 N–H and O–H groups in total. The van der Waals surface area contributed by atoms with Gasteiger partial charge in [-0.3, -0.25) is 4.98 Å². The van der Waals surface area contributed by atoms with E-state index in [1.54, 1.807) is 0 Å². The standard InChI is InChI=1S/C36H43ClN4/c1-7-27-19-29(20-28(8-2)36(27)41-22-24(4)23-41)39-18-11-10-13-30(26(6)21-38)31-14-12-15-32(35(31)37)34-17-16-25(5)33(9-3)40-34/h10-17,19-21,24,38-39H,6-9,18,22-23H2,1-5H3/b11-10-,30-13+,38-21?. The van der Waals surface area contributed by atoms with Crippen molar-refractivity contribution in [3.63, 3.8) is 0 Å². The normalized spacial score (nSPS) is 13.9. The number of aryl methyl sites for hydroxylation is 4. The number of hydrogen-bond donors (Lipinski definition) is 2. The molecule has 5 heteroatoms. The van der Waals surface area contributed by atoms with Crippen LogP contribution in [0, 0.1) is 18.3 Å². The van der Waals surface area contributed by atoms with Crippen molar-refractivity contribution in [1.82, 2.24) is 4.98 Å². The van der Waals surface area contributed by atoms with E-state index < -0.39 is 0 Å². The van der Waals surface area contributed by atoms with E-state index in [9.17, 15) is 0 Å². The fourth-order valence-electron chi connectivity index (χ4n) is 5.56. The molecule has 1 saturated heterocycles. The monoisotopic (exact) mass is 566 g/mol. The SMILES string of the molecule is C=C(C=N)/C(=C\C=C/CNc1cc(CC)c(N2CC(C)C2)c(CC)c1)c1cccc(-c2ccc(C)c(CC)n2)c1Cl. The average molecular weight is 567 g/mol. The Morgan fingerprint density at radius 1 is 1.10 bits per heavy atom. The van der Waals surface area contributed by atoms with Gasteiger partial charge in [0.25, 0.3) is 0 Å². The molecule has 3 aromatic rings. The van der Waals surface area contributed by atoms with Gasteiger partial charge in [0.1, 0.15) is 0 Å². The number of nitrogens with zero attached hydrogens (tertiary/aromatic N) is 2. The second kappa shape index (κ2) is 13.8. The van der Waals surface area contributed by atoms with E-state index in [2.05, 4.69) is 75.7 Å². The maximum absolute atomic E-state index is 7.87. The number of halogens is 1. The van der Waals surface area contributed by atoms with Crippen molar-refractivity contribution in [2.45, 2.75) is 53.9 Å². The summed E-state index contributed by atoms with van der Waals surface area (Å²) in [6.45, 7) is 18.1. The van der Waals surface area contributed by atoms with Gasteiger partial charge in [-0.1, -0.05) is 88.4 Å². The molecule has 0 amide bonds. The molecule has 2 heterocycles. The molecular weight excluding hydrogens is 524 g/mol. The van der Waals surface area contributed by atoms with Crippen LogP contribution in [0.4, 0.5) is 11.4 Å². The summed E-state index contributed by atoms with van der Waals surface area (Å²) >= 11 is 6.97. The van der Waals surface area contributed by atoms with E-state index in [0.717, 1.165) is 72.0 Å². The summed E-state index contributed by atoms with van der Waals surface area (Å²) in [5.41, 5.74) is 11.7. The molecule has 0 unspecified atom stereocenters. The van der Waals surface area contributed by atoms with E-state index in [1.807, 2.05) is 36.4 Å². The van der Waals surface area contributed by atoms with Gasteiger partial charge in [0.2, 0.25) is 0 Å². The summed E-state index contributed by atoms with van der Waals surface area (Å²) in [6.07, 6.45) is 10.3. The lowest BCUT2D eigenvalue weighted by molar-refractivity contribution is 0.445. The van der Waals surface area contributed by atoms with E-state index in [4.69, 9.17) is 22.0 Å². The molecule has 0 radical (unpaired) electrons. The Kier molecular flexibility index (Phi) is 10.2. The molecule has 4 rings (SSSR count). The third kappa shape index (κ3) is 6.82. The highest BCUT2D eigenvalue weighted by Gasteiger charge is 2.26. The molecule has 0 atom stereocenters. The van der Waals surface area contributed by atoms with Crippen molar-refractivity contribution < 1.29 is 0 Å². The molecule has 4 nitrogen and oxygen atoms in total. The summed E-state index contributed by atoms with van der Waals surface area (Å²) in [6, 6.07) is 14.7. The first-order valence-corrected chi connectivity index (χ1v) is 15.2. The number of benzene rings is 2. The summed E-state index contributed by atoms with van der Waals surface area (Å²) in [5, 5.41) is 12.1. The quantitative estimate of drug-likeness (QED) is 0.170. The zero-order valence-electron chi connectivity index (χ0n) is 25.2. The van der Waals surface area contributed by atoms with Crippen molar-refractivity contribution in [3.05, 3.63) is 106 Å². The molecule has 1 aliphatic heterocycles. The molecule has 41 heavy (non-hydrogen) atoms. The third-order valence-electron chi connectivity index (χ3n) is 7.85. The fraction of sp³-hybridized carbons (Fsp3) is 0.333. The topological polar surface area (TPSA) is 52.0 Å². The van der Waals surface area contributed by atoms with Crippen LogP contribution in [0.25, 0.3) is 16.8 Å². The maximum atomic E-state index is 7.87. The summed E-state index contributed by atoms with van der Waals surface area (Å²) in [7, 11) is 0. The summed E-state index contributed by atoms with van der Waals surface area (Å²) in [4.78, 5) is 7.39. The Labute approximate surface area is 251 Å². The Balaban J connectivity index is 1.55. The van der Waals surface area contributed by atoms with Crippen molar-refractivity contribution >= 4 is 34.8 Å². The molecule has 0 spiro atoms. The van der Waals surface area contributed by atoms with Gasteiger partial charge in [0, 0.05) is 54.0 Å². The van der Waals surface area contributed by atoms with E-state index >= 15 is 0 Å². The highest BCUT2D eigenvalue weighted by atomic mass is 35.5. The lowest BCUT2D eigenvalue weighted by Crippen LogP contribution is -2.46. The number of aromatic nitrogens is 1. The second-order valence-electron chi connectivity index (χ2n) is 10.9. The Bertz CT molecular complexity index is 1450. The van der Waals surface area contributed by atoms with Crippen LogP contribution in [0.15, 0.2) is 72.8 Å². The van der Waals surface area contributed by atoms with Crippen LogP contribution in [-0.2, 0) is 19.3 Å². The minimum absolute atomic E-state index is 0.601. The van der Waals surface area contributed by atoms with E-state index in [1.165, 1.54) is 28.6 Å². The molecule has 0 bridgehead atoms. The van der Waals surface area contributed by atoms with Crippen LogP contribution in [0.3, 0.4) is 0 Å². The predicted octanol–water partition coefficient (Wildman–Crippen LogP) is 9.11. The van der Waals surface area contributed by atoms with Crippen molar-refractivity contribution in [2.75, 3.05) is 29.9 Å². The minimum Gasteiger partial charge on any atom is -0.382 e. The lowest BCUT2D eigenvalue weighted by Gasteiger charge is -2.41. The van der Waals surface area contributed by atoms with Crippen molar-refractivity contribution in [1.29, 1.82) is 5.41 Å². The van der Waals surface area contributed by atoms with Crippen LogP contribution in [0.2, 0.25) is 5.02 Å². The van der Waals surface area contributed by atoms with Crippen LogP contribution in [0.1, 0.15) is 55.6 Å². The van der Waals surface area contributed by atoms with E-state index in [0.29, 0.717) is 17.1 Å². The maximum Gasteiger partial charge on any atom is 0.0720 e. The molecule has 2 aromatic carbocycles. The Morgan fingerprint density at radius 3 is 2.41 bits per heavy atom. The zero-order valence-corrected chi connectivity index (χ0v) is 25.9. The van der Waals surface area contributed by atoms with Gasteiger partial charge < -0.3 is 15.6 Å². The molecule has 0 saturated carbocycles. The Morgan fingerprint density at radius 2 is 1.80 bits per heavy atom. The van der Waals surface area contributed by atoms with Gasteiger partial charge in [-0.2, -0.15) is 0 Å². The smallest absolute Gasteiger partial charge is 0.0720 e. The fourth-order valence-corrected chi connectivity index (χ4v) is 5.89.